The predicted molar refractivity (Wildman–Crippen MR) is 82.9 cm³/mol. The van der Waals surface area contributed by atoms with E-state index in [1.807, 2.05) is 0 Å². The van der Waals surface area contributed by atoms with E-state index in [4.69, 9.17) is 0 Å². The van der Waals surface area contributed by atoms with E-state index < -0.39 is 22.5 Å². The number of hydrogen-bond acceptors (Lipinski definition) is 7. The van der Waals surface area contributed by atoms with E-state index in [1.54, 1.807) is 19.9 Å². The first-order valence-electron chi connectivity index (χ1n) is 6.59. The summed E-state index contributed by atoms with van der Waals surface area (Å²) in [5, 5.41) is 17.7. The molecule has 1 amide bonds. The zero-order valence-corrected chi connectivity index (χ0v) is 13.5. The molecule has 0 aliphatic carbocycles. The number of nitro groups is 1. The molecule has 122 valence electrons. The van der Waals surface area contributed by atoms with Crippen LogP contribution in [0.25, 0.3) is 0 Å². The molecular weight excluding hydrogens is 324 g/mol. The first kappa shape index (κ1) is 16.6. The minimum Gasteiger partial charge on any atom is -0.465 e. The van der Waals surface area contributed by atoms with Gasteiger partial charge in [0.05, 0.1) is 17.6 Å². The summed E-state index contributed by atoms with van der Waals surface area (Å²) in [5.41, 5.74) is -0.356. The lowest BCUT2D eigenvalue weighted by molar-refractivity contribution is -0.385. The summed E-state index contributed by atoms with van der Waals surface area (Å²) >= 11 is 1.18. The second-order valence-electron chi connectivity index (χ2n) is 4.50. The highest BCUT2D eigenvalue weighted by molar-refractivity contribution is 7.16. The zero-order chi connectivity index (χ0) is 17.1. The van der Waals surface area contributed by atoms with Gasteiger partial charge in [0.2, 0.25) is 5.69 Å². The van der Waals surface area contributed by atoms with Crippen molar-refractivity contribution in [1.82, 2.24) is 9.78 Å². The third-order valence-electron chi connectivity index (χ3n) is 3.02. The van der Waals surface area contributed by atoms with E-state index >= 15 is 0 Å². The minimum atomic E-state index is -0.706. The Morgan fingerprint density at radius 2 is 2.22 bits per heavy atom. The molecule has 10 heteroatoms. The van der Waals surface area contributed by atoms with Gasteiger partial charge in [-0.1, -0.05) is 0 Å². The highest BCUT2D eigenvalue weighted by Crippen LogP contribution is 2.29. The van der Waals surface area contributed by atoms with Crippen molar-refractivity contribution in [3.63, 3.8) is 0 Å². The van der Waals surface area contributed by atoms with Crippen molar-refractivity contribution in [3.05, 3.63) is 38.5 Å². The summed E-state index contributed by atoms with van der Waals surface area (Å²) in [6, 6.07) is 1.58. The third kappa shape index (κ3) is 3.21. The van der Waals surface area contributed by atoms with Crippen molar-refractivity contribution in [3.8, 4) is 0 Å². The van der Waals surface area contributed by atoms with Gasteiger partial charge < -0.3 is 10.1 Å². The first-order valence-corrected chi connectivity index (χ1v) is 7.41. The van der Waals surface area contributed by atoms with Crippen molar-refractivity contribution < 1.29 is 19.2 Å². The van der Waals surface area contributed by atoms with Gasteiger partial charge in [0, 0.05) is 11.4 Å². The summed E-state index contributed by atoms with van der Waals surface area (Å²) in [6.07, 6.45) is 1.03. The van der Waals surface area contributed by atoms with E-state index in [1.165, 1.54) is 23.1 Å². The highest BCUT2D eigenvalue weighted by Gasteiger charge is 2.28. The Hall–Kier alpha value is -2.75. The predicted octanol–water partition coefficient (Wildman–Crippen LogP) is 2.22. The summed E-state index contributed by atoms with van der Waals surface area (Å²) < 4.78 is 5.89. The molecule has 0 bridgehead atoms. The van der Waals surface area contributed by atoms with Crippen LogP contribution in [0.4, 0.5) is 10.7 Å². The molecule has 0 spiro atoms. The zero-order valence-electron chi connectivity index (χ0n) is 12.7. The van der Waals surface area contributed by atoms with Crippen LogP contribution in [0, 0.1) is 17.0 Å². The lowest BCUT2D eigenvalue weighted by atomic mass is 10.3. The molecule has 0 saturated heterocycles. The lowest BCUT2D eigenvalue weighted by Crippen LogP contribution is -2.19. The fraction of sp³-hybridized carbons (Fsp3) is 0.308. The van der Waals surface area contributed by atoms with Crippen LogP contribution in [0.15, 0.2) is 12.3 Å². The average Bonchev–Trinajstić information content (AvgIpc) is 3.09. The Bertz CT molecular complexity index is 779. The Balaban J connectivity index is 2.39. The fourth-order valence-electron chi connectivity index (χ4n) is 2.01. The van der Waals surface area contributed by atoms with Gasteiger partial charge in [-0.3, -0.25) is 19.6 Å². The Morgan fingerprint density at radius 3 is 2.78 bits per heavy atom. The molecule has 0 aliphatic heterocycles. The number of aromatic nitrogens is 2. The van der Waals surface area contributed by atoms with Crippen molar-refractivity contribution in [2.75, 3.05) is 12.4 Å². The van der Waals surface area contributed by atoms with E-state index in [2.05, 4.69) is 15.2 Å². The lowest BCUT2D eigenvalue weighted by Gasteiger charge is -2.06. The molecule has 0 aromatic carbocycles. The normalized spacial score (nSPS) is 10.4. The van der Waals surface area contributed by atoms with Crippen LogP contribution in [0.1, 0.15) is 32.6 Å². The molecule has 0 fully saturated rings. The summed E-state index contributed by atoms with van der Waals surface area (Å²) in [7, 11) is 1.23. The molecule has 23 heavy (non-hydrogen) atoms. The van der Waals surface area contributed by atoms with Gasteiger partial charge in [-0.25, -0.2) is 4.79 Å². The monoisotopic (exact) mass is 338 g/mol. The smallest absolute Gasteiger partial charge is 0.340 e. The van der Waals surface area contributed by atoms with Crippen molar-refractivity contribution in [1.29, 1.82) is 0 Å². The number of methoxy groups -OCH3 is 1. The number of nitrogens with one attached hydrogen (secondary N) is 1. The Morgan fingerprint density at radius 1 is 1.52 bits per heavy atom. The van der Waals surface area contributed by atoms with Gasteiger partial charge in [-0.2, -0.15) is 5.10 Å². The minimum absolute atomic E-state index is 0.167. The van der Waals surface area contributed by atoms with Crippen LogP contribution in [-0.2, 0) is 11.3 Å². The maximum Gasteiger partial charge on any atom is 0.340 e. The molecule has 2 aromatic rings. The molecule has 0 saturated carbocycles. The molecule has 2 aromatic heterocycles. The first-order chi connectivity index (χ1) is 10.9. The van der Waals surface area contributed by atoms with Crippen molar-refractivity contribution in [2.24, 2.45) is 0 Å². The number of anilines is 1. The van der Waals surface area contributed by atoms with Gasteiger partial charge in [0.25, 0.3) is 5.91 Å². The van der Waals surface area contributed by atoms with Crippen LogP contribution >= 0.6 is 11.3 Å². The highest BCUT2D eigenvalue weighted by atomic mass is 32.1. The van der Waals surface area contributed by atoms with E-state index in [0.29, 0.717) is 6.54 Å². The maximum absolute atomic E-state index is 12.4. The summed E-state index contributed by atoms with van der Waals surface area (Å²) in [5.74, 6) is -1.30. The van der Waals surface area contributed by atoms with Crippen LogP contribution in [0.5, 0.6) is 0 Å². The molecule has 0 radical (unpaired) electrons. The van der Waals surface area contributed by atoms with Crippen LogP contribution in [0.2, 0.25) is 0 Å². The van der Waals surface area contributed by atoms with Gasteiger partial charge in [0.1, 0.15) is 11.2 Å². The number of carbonyl (C=O) groups is 2. The third-order valence-corrected chi connectivity index (χ3v) is 3.99. The largest absolute Gasteiger partial charge is 0.465 e. The van der Waals surface area contributed by atoms with Crippen molar-refractivity contribution >= 4 is 33.9 Å². The van der Waals surface area contributed by atoms with Crippen molar-refractivity contribution in [2.45, 2.75) is 20.4 Å². The molecule has 1 N–H and O–H groups in total. The summed E-state index contributed by atoms with van der Waals surface area (Å²) in [4.78, 5) is 35.3. The number of hydrogen-bond donors (Lipinski definition) is 1. The Kier molecular flexibility index (Phi) is 4.74. The second-order valence-corrected chi connectivity index (χ2v) is 5.75. The van der Waals surface area contributed by atoms with Gasteiger partial charge in [0.15, 0.2) is 0 Å². The molecule has 0 aliphatic rings. The molecule has 0 atom stereocenters. The van der Waals surface area contributed by atoms with E-state index in [9.17, 15) is 19.7 Å². The van der Waals surface area contributed by atoms with Crippen LogP contribution in [0.3, 0.4) is 0 Å². The van der Waals surface area contributed by atoms with Gasteiger partial charge >= 0.3 is 11.7 Å². The molecule has 2 rings (SSSR count). The second kappa shape index (κ2) is 6.57. The average molecular weight is 338 g/mol. The fourth-order valence-corrected chi connectivity index (χ4v) is 2.91. The number of amides is 1. The van der Waals surface area contributed by atoms with E-state index in [-0.39, 0.29) is 16.3 Å². The SMILES string of the molecule is CCn1ncc([N+](=O)[O-])c1C(=O)Nc1sc(C)cc1C(=O)OC. The quantitative estimate of drug-likeness (QED) is 0.507. The van der Waals surface area contributed by atoms with Crippen LogP contribution < -0.4 is 5.32 Å². The number of rotatable bonds is 5. The number of thiophene rings is 1. The van der Waals surface area contributed by atoms with Gasteiger partial charge in [-0.15, -0.1) is 11.3 Å². The standard InChI is InChI=1S/C13H14N4O5S/c1-4-16-10(9(6-14-16)17(20)21)11(18)15-12-8(13(19)22-3)5-7(2)23-12/h5-6H,4H2,1-3H3,(H,15,18). The summed E-state index contributed by atoms with van der Waals surface area (Å²) in [6.45, 7) is 3.78. The number of esters is 1. The molecule has 2 heterocycles. The molecule has 9 nitrogen and oxygen atoms in total. The van der Waals surface area contributed by atoms with Gasteiger partial charge in [-0.05, 0) is 19.9 Å². The van der Waals surface area contributed by atoms with Crippen LogP contribution in [-0.4, -0.2) is 33.7 Å². The molecular formula is C13H14N4O5S. The molecule has 0 unspecified atom stereocenters. The number of nitrogens with zero attached hydrogens (tertiary/aromatic N) is 3. The van der Waals surface area contributed by atoms with E-state index in [0.717, 1.165) is 11.1 Å². The topological polar surface area (TPSA) is 116 Å². The number of carbonyl (C=O) groups excluding carboxylic acids is 2. The number of aryl methyl sites for hydroxylation is 2. The number of ether oxygens (including phenoxy) is 1. The maximum atomic E-state index is 12.4. The Labute approximate surface area is 135 Å².